The first-order chi connectivity index (χ1) is 15.8. The molecule has 2 aromatic heterocycles. The van der Waals surface area contributed by atoms with E-state index in [2.05, 4.69) is 60.5 Å². The molecule has 8 heteroatoms. The van der Waals surface area contributed by atoms with Crippen LogP contribution in [0.25, 0.3) is 11.0 Å². The summed E-state index contributed by atoms with van der Waals surface area (Å²) in [4.78, 5) is 26.4. The van der Waals surface area contributed by atoms with Crippen molar-refractivity contribution < 1.29 is 4.79 Å². The molecule has 2 aliphatic rings. The van der Waals surface area contributed by atoms with Gasteiger partial charge >= 0.3 is 0 Å². The summed E-state index contributed by atoms with van der Waals surface area (Å²) in [6.45, 7) is 5.18. The van der Waals surface area contributed by atoms with Gasteiger partial charge in [-0.3, -0.25) is 9.69 Å². The van der Waals surface area contributed by atoms with Crippen molar-refractivity contribution in [2.24, 2.45) is 0 Å². The highest BCUT2D eigenvalue weighted by Crippen LogP contribution is 2.25. The van der Waals surface area contributed by atoms with E-state index in [9.17, 15) is 4.79 Å². The molecule has 3 aromatic rings. The van der Waals surface area contributed by atoms with Gasteiger partial charge in [-0.25, -0.2) is 14.6 Å². The number of aromatic nitrogens is 4. The normalized spacial score (nSPS) is 18.2. The van der Waals surface area contributed by atoms with Crippen LogP contribution in [-0.4, -0.2) is 62.8 Å². The molecule has 0 saturated carbocycles. The van der Waals surface area contributed by atoms with E-state index in [0.29, 0.717) is 0 Å². The van der Waals surface area contributed by atoms with E-state index in [1.54, 1.807) is 17.2 Å². The van der Waals surface area contributed by atoms with Crippen LogP contribution >= 0.6 is 0 Å². The number of amides is 1. The number of rotatable bonds is 6. The van der Waals surface area contributed by atoms with Crippen LogP contribution in [0.1, 0.15) is 37.7 Å². The number of anilines is 1. The SMILES string of the molecule is O=C(Cn1ncc2c(N3CCCCC3)ncnc21)NC1CCN(Cc2ccccc2)CC1. The van der Waals surface area contributed by atoms with Crippen LogP contribution in [0.15, 0.2) is 42.9 Å². The molecule has 1 aromatic carbocycles. The Balaban J connectivity index is 1.16. The summed E-state index contributed by atoms with van der Waals surface area (Å²) in [6.07, 6.45) is 8.98. The van der Waals surface area contributed by atoms with Gasteiger partial charge in [-0.1, -0.05) is 30.3 Å². The van der Waals surface area contributed by atoms with Crippen molar-refractivity contribution in [3.8, 4) is 0 Å². The standard InChI is InChI=1S/C24H31N7O/c32-22(28-20-9-13-29(14-10-20)16-19-7-3-1-4-8-19)17-31-24-21(15-27-31)23(25-18-26-24)30-11-5-2-6-12-30/h1,3-4,7-8,15,18,20H,2,5-6,9-14,16-17H2,(H,28,32). The van der Waals surface area contributed by atoms with Gasteiger partial charge in [0, 0.05) is 38.8 Å². The Morgan fingerprint density at radius 1 is 1.00 bits per heavy atom. The second-order valence-corrected chi connectivity index (χ2v) is 8.89. The van der Waals surface area contributed by atoms with Crippen LogP contribution < -0.4 is 10.2 Å². The van der Waals surface area contributed by atoms with Crippen LogP contribution in [0, 0.1) is 0 Å². The first kappa shape index (κ1) is 20.9. The summed E-state index contributed by atoms with van der Waals surface area (Å²) in [5, 5.41) is 8.59. The van der Waals surface area contributed by atoms with Gasteiger partial charge in [0.2, 0.25) is 5.91 Å². The van der Waals surface area contributed by atoms with Crippen LogP contribution in [0.2, 0.25) is 0 Å². The van der Waals surface area contributed by atoms with Crippen LogP contribution in [-0.2, 0) is 17.9 Å². The summed E-state index contributed by atoms with van der Waals surface area (Å²) in [7, 11) is 0. The highest BCUT2D eigenvalue weighted by molar-refractivity contribution is 5.88. The van der Waals surface area contributed by atoms with Gasteiger partial charge in [0.25, 0.3) is 0 Å². The Bertz CT molecular complexity index is 1040. The molecule has 4 heterocycles. The Morgan fingerprint density at radius 3 is 2.56 bits per heavy atom. The minimum absolute atomic E-state index is 0.00496. The zero-order chi connectivity index (χ0) is 21.8. The van der Waals surface area contributed by atoms with Crippen molar-refractivity contribution in [3.05, 3.63) is 48.4 Å². The number of nitrogens with zero attached hydrogens (tertiary/aromatic N) is 6. The number of hydrogen-bond acceptors (Lipinski definition) is 6. The largest absolute Gasteiger partial charge is 0.356 e. The molecule has 2 fully saturated rings. The number of fused-ring (bicyclic) bond motifs is 1. The van der Waals surface area contributed by atoms with Crippen LogP contribution in [0.4, 0.5) is 5.82 Å². The summed E-state index contributed by atoms with van der Waals surface area (Å²) >= 11 is 0. The number of nitrogens with one attached hydrogen (secondary N) is 1. The van der Waals surface area contributed by atoms with Gasteiger partial charge in [-0.05, 0) is 37.7 Å². The van der Waals surface area contributed by atoms with E-state index in [-0.39, 0.29) is 18.5 Å². The average Bonchev–Trinajstić information content (AvgIpc) is 3.24. The molecule has 168 valence electrons. The van der Waals surface area contributed by atoms with Gasteiger partial charge in [0.05, 0.1) is 11.6 Å². The second-order valence-electron chi connectivity index (χ2n) is 8.89. The lowest BCUT2D eigenvalue weighted by Gasteiger charge is -2.32. The number of hydrogen-bond donors (Lipinski definition) is 1. The molecule has 32 heavy (non-hydrogen) atoms. The van der Waals surface area contributed by atoms with E-state index in [4.69, 9.17) is 0 Å². The van der Waals surface area contributed by atoms with Gasteiger partial charge in [0.15, 0.2) is 5.65 Å². The average molecular weight is 434 g/mol. The lowest BCUT2D eigenvalue weighted by atomic mass is 10.0. The monoisotopic (exact) mass is 433 g/mol. The maximum Gasteiger partial charge on any atom is 0.242 e. The van der Waals surface area contributed by atoms with Crippen molar-refractivity contribution in [1.82, 2.24) is 30.0 Å². The van der Waals surface area contributed by atoms with Gasteiger partial charge in [0.1, 0.15) is 18.7 Å². The van der Waals surface area contributed by atoms with E-state index in [0.717, 1.165) is 62.4 Å². The summed E-state index contributed by atoms with van der Waals surface area (Å²) < 4.78 is 1.70. The molecule has 0 aliphatic carbocycles. The first-order valence-corrected chi connectivity index (χ1v) is 11.7. The third kappa shape index (κ3) is 4.75. The summed E-state index contributed by atoms with van der Waals surface area (Å²) in [5.74, 6) is 0.932. The topological polar surface area (TPSA) is 79.2 Å². The van der Waals surface area contributed by atoms with Crippen molar-refractivity contribution in [2.45, 2.75) is 51.2 Å². The van der Waals surface area contributed by atoms with E-state index in [1.165, 1.54) is 24.8 Å². The maximum absolute atomic E-state index is 12.7. The van der Waals surface area contributed by atoms with Crippen molar-refractivity contribution >= 4 is 22.8 Å². The molecular weight excluding hydrogens is 402 g/mol. The molecule has 0 unspecified atom stereocenters. The van der Waals surface area contributed by atoms with E-state index in [1.807, 2.05) is 0 Å². The third-order valence-electron chi connectivity index (χ3n) is 6.56. The van der Waals surface area contributed by atoms with Crippen molar-refractivity contribution in [2.75, 3.05) is 31.1 Å². The fourth-order valence-corrected chi connectivity index (χ4v) is 4.84. The number of carbonyl (C=O) groups excluding carboxylic acids is 1. The molecular formula is C24H31N7O. The fourth-order valence-electron chi connectivity index (χ4n) is 4.84. The number of piperidine rings is 2. The molecule has 1 N–H and O–H groups in total. The van der Waals surface area contributed by atoms with E-state index < -0.39 is 0 Å². The Labute approximate surface area is 188 Å². The number of benzene rings is 1. The molecule has 2 saturated heterocycles. The van der Waals surface area contributed by atoms with Gasteiger partial charge in [-0.15, -0.1) is 0 Å². The third-order valence-corrected chi connectivity index (χ3v) is 6.56. The zero-order valence-corrected chi connectivity index (χ0v) is 18.5. The van der Waals surface area contributed by atoms with Gasteiger partial charge < -0.3 is 10.2 Å². The van der Waals surface area contributed by atoms with Crippen LogP contribution in [0.3, 0.4) is 0 Å². The van der Waals surface area contributed by atoms with E-state index >= 15 is 0 Å². The van der Waals surface area contributed by atoms with Crippen molar-refractivity contribution in [1.29, 1.82) is 0 Å². The molecule has 5 rings (SSSR count). The molecule has 0 spiro atoms. The molecule has 2 aliphatic heterocycles. The zero-order valence-electron chi connectivity index (χ0n) is 18.5. The summed E-state index contributed by atoms with van der Waals surface area (Å²) in [6, 6.07) is 10.8. The lowest BCUT2D eigenvalue weighted by Crippen LogP contribution is -2.45. The Morgan fingerprint density at radius 2 is 1.78 bits per heavy atom. The first-order valence-electron chi connectivity index (χ1n) is 11.7. The second kappa shape index (κ2) is 9.65. The minimum Gasteiger partial charge on any atom is -0.356 e. The number of likely N-dealkylation sites (tertiary alicyclic amines) is 1. The highest BCUT2D eigenvalue weighted by atomic mass is 16.2. The molecule has 0 atom stereocenters. The molecule has 0 bridgehead atoms. The molecule has 1 amide bonds. The molecule has 0 radical (unpaired) electrons. The van der Waals surface area contributed by atoms with Gasteiger partial charge in [-0.2, -0.15) is 5.10 Å². The lowest BCUT2D eigenvalue weighted by molar-refractivity contribution is -0.122. The Hall–Kier alpha value is -3.00. The smallest absolute Gasteiger partial charge is 0.242 e. The predicted molar refractivity (Wildman–Crippen MR) is 124 cm³/mol. The maximum atomic E-state index is 12.7. The van der Waals surface area contributed by atoms with Crippen molar-refractivity contribution in [3.63, 3.8) is 0 Å². The van der Waals surface area contributed by atoms with Crippen LogP contribution in [0.5, 0.6) is 0 Å². The molecule has 8 nitrogen and oxygen atoms in total. The number of carbonyl (C=O) groups is 1. The summed E-state index contributed by atoms with van der Waals surface area (Å²) in [5.41, 5.74) is 2.07. The fraction of sp³-hybridized carbons (Fsp3) is 0.500. The highest BCUT2D eigenvalue weighted by Gasteiger charge is 2.22. The minimum atomic E-state index is -0.00496. The Kier molecular flexibility index (Phi) is 6.29. The quantitative estimate of drug-likeness (QED) is 0.644. The predicted octanol–water partition coefficient (Wildman–Crippen LogP) is 2.60.